The molecule has 2 aromatic rings. The normalized spacial score (nSPS) is 10.9. The van der Waals surface area contributed by atoms with Gasteiger partial charge in [-0.05, 0) is 31.0 Å². The molecule has 0 radical (unpaired) electrons. The number of rotatable bonds is 1. The monoisotopic (exact) mass is 204 g/mol. The van der Waals surface area contributed by atoms with Gasteiger partial charge in [-0.15, -0.1) is 0 Å². The second-order valence-electron chi connectivity index (χ2n) is 3.70. The Bertz CT molecular complexity index is 567. The van der Waals surface area contributed by atoms with Crippen molar-refractivity contribution < 1.29 is 9.52 Å². The molecule has 1 N–H and O–H groups in total. The summed E-state index contributed by atoms with van der Waals surface area (Å²) in [4.78, 5) is 11.9. The summed E-state index contributed by atoms with van der Waals surface area (Å²) in [7, 11) is 0. The van der Waals surface area contributed by atoms with Gasteiger partial charge in [0, 0.05) is 0 Å². The maximum absolute atomic E-state index is 11.9. The molecule has 0 aliphatic rings. The molecule has 0 saturated carbocycles. The first kappa shape index (κ1) is 9.93. The van der Waals surface area contributed by atoms with Gasteiger partial charge in [0.25, 0.3) is 0 Å². The van der Waals surface area contributed by atoms with Crippen LogP contribution in [0.25, 0.3) is 11.0 Å². The predicted molar refractivity (Wildman–Crippen MR) is 57.9 cm³/mol. The highest BCUT2D eigenvalue weighted by molar-refractivity contribution is 5.81. The number of aliphatic hydroxyl groups is 1. The van der Waals surface area contributed by atoms with Crippen molar-refractivity contribution >= 4 is 11.0 Å². The molecule has 1 aromatic heterocycles. The number of aliphatic hydroxyl groups excluding tert-OH is 1. The third kappa shape index (κ3) is 1.55. The van der Waals surface area contributed by atoms with E-state index in [2.05, 4.69) is 0 Å². The molecule has 1 heterocycles. The topological polar surface area (TPSA) is 50.4 Å². The van der Waals surface area contributed by atoms with E-state index in [0.717, 1.165) is 11.1 Å². The highest BCUT2D eigenvalue weighted by atomic mass is 16.3. The lowest BCUT2D eigenvalue weighted by atomic mass is 10.1. The van der Waals surface area contributed by atoms with Crippen LogP contribution in [-0.2, 0) is 6.61 Å². The molecule has 0 spiro atoms. The number of hydrogen-bond acceptors (Lipinski definition) is 3. The number of hydrogen-bond donors (Lipinski definition) is 1. The first-order valence-corrected chi connectivity index (χ1v) is 4.76. The second kappa shape index (κ2) is 3.51. The molecule has 0 bridgehead atoms. The lowest BCUT2D eigenvalue weighted by molar-refractivity contribution is 0.277. The largest absolute Gasteiger partial charge is 0.464 e. The maximum Gasteiger partial charge on any atom is 0.198 e. The van der Waals surface area contributed by atoms with Gasteiger partial charge in [-0.25, -0.2) is 0 Å². The lowest BCUT2D eigenvalue weighted by Gasteiger charge is -2.03. The van der Waals surface area contributed by atoms with Crippen LogP contribution in [0.1, 0.15) is 16.7 Å². The van der Waals surface area contributed by atoms with E-state index in [1.54, 1.807) is 0 Å². The minimum absolute atomic E-state index is 0.142. The standard InChI is InChI=1S/C12H12O3/c1-7-3-8(2)11-10(4-7)15-6-9(5-13)12(11)14/h3-4,6,13H,5H2,1-2H3. The van der Waals surface area contributed by atoms with E-state index in [9.17, 15) is 4.79 Å². The molecule has 78 valence electrons. The lowest BCUT2D eigenvalue weighted by Crippen LogP contribution is -2.09. The van der Waals surface area contributed by atoms with Crippen molar-refractivity contribution in [1.82, 2.24) is 0 Å². The zero-order valence-electron chi connectivity index (χ0n) is 8.70. The summed E-state index contributed by atoms with van der Waals surface area (Å²) in [6.07, 6.45) is 1.32. The maximum atomic E-state index is 11.9. The number of aryl methyl sites for hydroxylation is 2. The number of fused-ring (bicyclic) bond motifs is 1. The van der Waals surface area contributed by atoms with Crippen LogP contribution in [0.4, 0.5) is 0 Å². The zero-order chi connectivity index (χ0) is 11.0. The van der Waals surface area contributed by atoms with E-state index in [1.807, 2.05) is 26.0 Å². The third-order valence-electron chi connectivity index (χ3n) is 2.46. The Hall–Kier alpha value is -1.61. The van der Waals surface area contributed by atoms with E-state index in [1.165, 1.54) is 6.26 Å². The van der Waals surface area contributed by atoms with E-state index in [4.69, 9.17) is 9.52 Å². The second-order valence-corrected chi connectivity index (χ2v) is 3.70. The van der Waals surface area contributed by atoms with Gasteiger partial charge in [0.2, 0.25) is 0 Å². The van der Waals surface area contributed by atoms with Crippen LogP contribution in [0.15, 0.2) is 27.6 Å². The van der Waals surface area contributed by atoms with Gasteiger partial charge in [0.15, 0.2) is 5.43 Å². The number of benzene rings is 1. The molecule has 0 aliphatic carbocycles. The minimum atomic E-state index is -0.286. The highest BCUT2D eigenvalue weighted by Gasteiger charge is 2.08. The summed E-state index contributed by atoms with van der Waals surface area (Å²) in [5.41, 5.74) is 2.68. The summed E-state index contributed by atoms with van der Waals surface area (Å²) in [6, 6.07) is 3.76. The molecule has 0 amide bonds. The van der Waals surface area contributed by atoms with Crippen LogP contribution in [0.3, 0.4) is 0 Å². The van der Waals surface area contributed by atoms with Gasteiger partial charge in [-0.2, -0.15) is 0 Å². The Morgan fingerprint density at radius 2 is 2.07 bits per heavy atom. The van der Waals surface area contributed by atoms with E-state index < -0.39 is 0 Å². The minimum Gasteiger partial charge on any atom is -0.464 e. The summed E-state index contributed by atoms with van der Waals surface area (Å²) in [6.45, 7) is 3.53. The van der Waals surface area contributed by atoms with Crippen molar-refractivity contribution in [2.45, 2.75) is 20.5 Å². The molecular formula is C12H12O3. The highest BCUT2D eigenvalue weighted by Crippen LogP contribution is 2.17. The Morgan fingerprint density at radius 1 is 1.33 bits per heavy atom. The molecule has 0 saturated heterocycles. The molecule has 2 rings (SSSR count). The van der Waals surface area contributed by atoms with Crippen molar-refractivity contribution in [3.63, 3.8) is 0 Å². The summed E-state index contributed by atoms with van der Waals surface area (Å²) < 4.78 is 5.32. The Labute approximate surface area is 87.0 Å². The fourth-order valence-corrected chi connectivity index (χ4v) is 1.77. The fourth-order valence-electron chi connectivity index (χ4n) is 1.77. The molecule has 0 aliphatic heterocycles. The van der Waals surface area contributed by atoms with Crippen LogP contribution in [0.2, 0.25) is 0 Å². The first-order chi connectivity index (χ1) is 7.13. The van der Waals surface area contributed by atoms with Gasteiger partial charge >= 0.3 is 0 Å². The summed E-state index contributed by atoms with van der Waals surface area (Å²) in [5.74, 6) is 0. The average molecular weight is 204 g/mol. The molecule has 15 heavy (non-hydrogen) atoms. The smallest absolute Gasteiger partial charge is 0.198 e. The Balaban J connectivity index is 2.93. The SMILES string of the molecule is Cc1cc(C)c2c(=O)c(CO)coc2c1. The van der Waals surface area contributed by atoms with Crippen LogP contribution < -0.4 is 5.43 Å². The molecule has 0 fully saturated rings. The van der Waals surface area contributed by atoms with Crippen molar-refractivity contribution in [2.24, 2.45) is 0 Å². The van der Waals surface area contributed by atoms with Gasteiger partial charge in [-0.1, -0.05) is 6.07 Å². The Morgan fingerprint density at radius 3 is 2.73 bits per heavy atom. The Kier molecular flexibility index (Phi) is 2.32. The van der Waals surface area contributed by atoms with Gasteiger partial charge in [-0.3, -0.25) is 4.79 Å². The summed E-state index contributed by atoms with van der Waals surface area (Å²) in [5, 5.41) is 9.53. The summed E-state index contributed by atoms with van der Waals surface area (Å²) >= 11 is 0. The van der Waals surface area contributed by atoms with E-state index in [0.29, 0.717) is 16.5 Å². The van der Waals surface area contributed by atoms with Crippen LogP contribution in [0.5, 0.6) is 0 Å². The third-order valence-corrected chi connectivity index (χ3v) is 2.46. The average Bonchev–Trinajstić information content (AvgIpc) is 2.17. The molecule has 3 nitrogen and oxygen atoms in total. The molecule has 0 unspecified atom stereocenters. The van der Waals surface area contributed by atoms with Crippen LogP contribution in [0, 0.1) is 13.8 Å². The zero-order valence-corrected chi connectivity index (χ0v) is 8.70. The quantitative estimate of drug-likeness (QED) is 0.771. The van der Waals surface area contributed by atoms with Crippen molar-refractivity contribution in [2.75, 3.05) is 0 Å². The molecule has 3 heteroatoms. The van der Waals surface area contributed by atoms with Crippen LogP contribution >= 0.6 is 0 Å². The molecular weight excluding hydrogens is 192 g/mol. The molecule has 1 aromatic carbocycles. The van der Waals surface area contributed by atoms with Crippen molar-refractivity contribution in [3.8, 4) is 0 Å². The van der Waals surface area contributed by atoms with Gasteiger partial charge in [0.05, 0.1) is 17.6 Å². The van der Waals surface area contributed by atoms with Crippen LogP contribution in [-0.4, -0.2) is 5.11 Å². The van der Waals surface area contributed by atoms with Crippen molar-refractivity contribution in [3.05, 3.63) is 45.3 Å². The van der Waals surface area contributed by atoms with E-state index >= 15 is 0 Å². The van der Waals surface area contributed by atoms with Gasteiger partial charge < -0.3 is 9.52 Å². The molecule has 0 atom stereocenters. The van der Waals surface area contributed by atoms with Gasteiger partial charge in [0.1, 0.15) is 11.8 Å². The fraction of sp³-hybridized carbons (Fsp3) is 0.250. The first-order valence-electron chi connectivity index (χ1n) is 4.76. The predicted octanol–water partition coefficient (Wildman–Crippen LogP) is 1.90. The van der Waals surface area contributed by atoms with E-state index in [-0.39, 0.29) is 12.0 Å². The van der Waals surface area contributed by atoms with Crippen molar-refractivity contribution in [1.29, 1.82) is 0 Å².